The number of aromatic nitrogens is 1. The molecule has 1 amide bonds. The number of hydrazone groups is 1. The van der Waals surface area contributed by atoms with Crippen molar-refractivity contribution in [1.29, 1.82) is 0 Å². The van der Waals surface area contributed by atoms with E-state index in [1.54, 1.807) is 31.5 Å². The summed E-state index contributed by atoms with van der Waals surface area (Å²) in [6.07, 6.45) is 1.56. The summed E-state index contributed by atoms with van der Waals surface area (Å²) in [6, 6.07) is 23.4. The van der Waals surface area contributed by atoms with Gasteiger partial charge in [0.15, 0.2) is 11.5 Å². The van der Waals surface area contributed by atoms with Crippen LogP contribution in [-0.2, 0) is 6.61 Å². The van der Waals surface area contributed by atoms with Gasteiger partial charge < -0.3 is 14.0 Å². The van der Waals surface area contributed by atoms with Crippen LogP contribution in [-0.4, -0.2) is 23.8 Å². The number of aryl methyl sites for hydroxylation is 3. The van der Waals surface area contributed by atoms with E-state index in [1.165, 1.54) is 5.56 Å². The number of carbonyl (C=O) groups is 1. The van der Waals surface area contributed by atoms with Gasteiger partial charge in [0.1, 0.15) is 6.61 Å². The fraction of sp³-hybridized carbons (Fsp3) is 0.172. The Morgan fingerprint density at radius 3 is 2.25 bits per heavy atom. The van der Waals surface area contributed by atoms with Crippen molar-refractivity contribution in [3.63, 3.8) is 0 Å². The third-order valence-corrected chi connectivity index (χ3v) is 6.51. The van der Waals surface area contributed by atoms with Crippen molar-refractivity contribution in [2.24, 2.45) is 5.10 Å². The number of benzene rings is 3. The van der Waals surface area contributed by atoms with E-state index in [0.29, 0.717) is 23.7 Å². The van der Waals surface area contributed by atoms with Crippen molar-refractivity contribution in [2.45, 2.75) is 27.4 Å². The molecule has 1 aromatic heterocycles. The fourth-order valence-electron chi connectivity index (χ4n) is 3.83. The summed E-state index contributed by atoms with van der Waals surface area (Å²) in [6.45, 7) is 6.58. The van der Waals surface area contributed by atoms with Gasteiger partial charge in [0.05, 0.1) is 13.3 Å². The lowest BCUT2D eigenvalue weighted by Gasteiger charge is -2.13. The number of hydrogen-bond donors (Lipinski definition) is 1. The Hall–Kier alpha value is -3.84. The molecule has 0 saturated heterocycles. The molecule has 0 saturated carbocycles. The van der Waals surface area contributed by atoms with E-state index in [-0.39, 0.29) is 5.91 Å². The van der Waals surface area contributed by atoms with Gasteiger partial charge in [0.2, 0.25) is 0 Å². The maximum absolute atomic E-state index is 12.6. The predicted molar refractivity (Wildman–Crippen MR) is 147 cm³/mol. The monoisotopic (exact) mass is 545 g/mol. The van der Waals surface area contributed by atoms with E-state index in [4.69, 9.17) is 9.47 Å². The molecule has 0 atom stereocenters. The first-order valence-electron chi connectivity index (χ1n) is 11.5. The maximum Gasteiger partial charge on any atom is 0.271 e. The molecule has 0 fully saturated rings. The summed E-state index contributed by atoms with van der Waals surface area (Å²) in [4.78, 5) is 12.6. The molecule has 4 aromatic rings. The van der Waals surface area contributed by atoms with Crippen LogP contribution in [0.1, 0.15) is 38.4 Å². The minimum absolute atomic E-state index is 0.292. The third kappa shape index (κ3) is 5.86. The highest BCUT2D eigenvalue weighted by atomic mass is 79.9. The van der Waals surface area contributed by atoms with Crippen LogP contribution in [0.2, 0.25) is 0 Å². The highest BCUT2D eigenvalue weighted by Crippen LogP contribution is 2.33. The van der Waals surface area contributed by atoms with Crippen LogP contribution < -0.4 is 14.9 Å². The number of nitrogens with zero attached hydrogens (tertiary/aromatic N) is 2. The van der Waals surface area contributed by atoms with Crippen molar-refractivity contribution in [3.05, 3.63) is 111 Å². The normalized spacial score (nSPS) is 11.0. The molecule has 7 heteroatoms. The predicted octanol–water partition coefficient (Wildman–Crippen LogP) is 6.52. The first kappa shape index (κ1) is 25.3. The molecule has 0 aliphatic rings. The van der Waals surface area contributed by atoms with Crippen molar-refractivity contribution in [1.82, 2.24) is 9.99 Å². The number of hydrogen-bond acceptors (Lipinski definition) is 4. The Morgan fingerprint density at radius 1 is 0.944 bits per heavy atom. The van der Waals surface area contributed by atoms with Gasteiger partial charge in [-0.15, -0.1) is 0 Å². The second kappa shape index (κ2) is 11.3. The van der Waals surface area contributed by atoms with Gasteiger partial charge in [-0.05, 0) is 90.8 Å². The van der Waals surface area contributed by atoms with Crippen molar-refractivity contribution < 1.29 is 14.3 Å². The molecule has 0 radical (unpaired) electrons. The summed E-state index contributed by atoms with van der Waals surface area (Å²) in [7, 11) is 1.59. The van der Waals surface area contributed by atoms with E-state index in [1.807, 2.05) is 30.3 Å². The van der Waals surface area contributed by atoms with Crippen LogP contribution in [0.25, 0.3) is 5.69 Å². The second-order valence-electron chi connectivity index (χ2n) is 8.50. The van der Waals surface area contributed by atoms with Crippen LogP contribution >= 0.6 is 15.9 Å². The number of methoxy groups -OCH3 is 1. The molecular formula is C29H28BrN3O3. The topological polar surface area (TPSA) is 64.8 Å². The van der Waals surface area contributed by atoms with Gasteiger partial charge in [-0.3, -0.25) is 4.79 Å². The van der Waals surface area contributed by atoms with Crippen LogP contribution in [0, 0.1) is 20.8 Å². The smallest absolute Gasteiger partial charge is 0.271 e. The summed E-state index contributed by atoms with van der Waals surface area (Å²) in [5.41, 5.74) is 9.41. The first-order valence-corrected chi connectivity index (χ1v) is 12.3. The molecule has 0 spiro atoms. The van der Waals surface area contributed by atoms with Gasteiger partial charge in [0.25, 0.3) is 5.91 Å². The van der Waals surface area contributed by atoms with Gasteiger partial charge in [-0.1, -0.05) is 29.8 Å². The second-order valence-corrected chi connectivity index (χ2v) is 9.35. The molecule has 1 N–H and O–H groups in total. The Kier molecular flexibility index (Phi) is 7.90. The average molecular weight is 546 g/mol. The Balaban J connectivity index is 1.41. The van der Waals surface area contributed by atoms with Crippen molar-refractivity contribution in [2.75, 3.05) is 7.11 Å². The molecule has 36 heavy (non-hydrogen) atoms. The molecule has 4 rings (SSSR count). The highest BCUT2D eigenvalue weighted by molar-refractivity contribution is 9.10. The Labute approximate surface area is 219 Å². The standard InChI is InChI=1S/C29H28BrN3O3/c1-19-5-9-22(10-6-19)18-36-28-16-26(30)24(15-27(28)35-4)17-31-32-29(34)23-11-13-25(14-12-23)33-20(2)7-8-21(33)3/h5-17H,18H2,1-4H3,(H,32,34)/b31-17+. The Bertz CT molecular complexity index is 1370. The zero-order valence-corrected chi connectivity index (χ0v) is 22.3. The van der Waals surface area contributed by atoms with Crippen molar-refractivity contribution in [3.8, 4) is 17.2 Å². The molecule has 1 heterocycles. The lowest BCUT2D eigenvalue weighted by molar-refractivity contribution is 0.0955. The molecule has 3 aromatic carbocycles. The molecule has 0 aliphatic heterocycles. The largest absolute Gasteiger partial charge is 0.493 e. The molecular weight excluding hydrogens is 518 g/mol. The summed E-state index contributed by atoms with van der Waals surface area (Å²) in [5.74, 6) is 0.892. The number of ether oxygens (including phenoxy) is 2. The van der Waals surface area contributed by atoms with Gasteiger partial charge in [-0.25, -0.2) is 5.43 Å². The lowest BCUT2D eigenvalue weighted by Crippen LogP contribution is -2.17. The molecule has 6 nitrogen and oxygen atoms in total. The molecule has 0 aliphatic carbocycles. The quantitative estimate of drug-likeness (QED) is 0.202. The average Bonchev–Trinajstić information content (AvgIpc) is 3.22. The fourth-order valence-corrected chi connectivity index (χ4v) is 4.25. The van der Waals surface area contributed by atoms with E-state index in [0.717, 1.165) is 32.7 Å². The van der Waals surface area contributed by atoms with E-state index < -0.39 is 0 Å². The van der Waals surface area contributed by atoms with Crippen LogP contribution in [0.5, 0.6) is 11.5 Å². The minimum atomic E-state index is -0.292. The van der Waals surface area contributed by atoms with E-state index >= 15 is 0 Å². The van der Waals surface area contributed by atoms with Gasteiger partial charge >= 0.3 is 0 Å². The lowest BCUT2D eigenvalue weighted by atomic mass is 10.1. The highest BCUT2D eigenvalue weighted by Gasteiger charge is 2.11. The summed E-state index contributed by atoms with van der Waals surface area (Å²) >= 11 is 3.56. The van der Waals surface area contributed by atoms with Crippen LogP contribution in [0.4, 0.5) is 0 Å². The van der Waals surface area contributed by atoms with Gasteiger partial charge in [0, 0.05) is 32.7 Å². The SMILES string of the molecule is COc1cc(/C=N/NC(=O)c2ccc(-n3c(C)ccc3C)cc2)c(Br)cc1OCc1ccc(C)cc1. The number of halogens is 1. The van der Waals surface area contributed by atoms with Gasteiger partial charge in [-0.2, -0.15) is 5.10 Å². The molecule has 184 valence electrons. The number of carbonyl (C=O) groups excluding carboxylic acids is 1. The van der Waals surface area contributed by atoms with Crippen LogP contribution in [0.3, 0.4) is 0 Å². The maximum atomic E-state index is 12.6. The first-order chi connectivity index (χ1) is 17.4. The van der Waals surface area contributed by atoms with E-state index in [9.17, 15) is 4.79 Å². The van der Waals surface area contributed by atoms with E-state index in [2.05, 4.69) is 76.1 Å². The number of nitrogens with one attached hydrogen (secondary N) is 1. The Morgan fingerprint density at radius 2 is 1.61 bits per heavy atom. The van der Waals surface area contributed by atoms with Crippen LogP contribution in [0.15, 0.2) is 82.4 Å². The summed E-state index contributed by atoms with van der Waals surface area (Å²) in [5, 5.41) is 4.13. The third-order valence-electron chi connectivity index (χ3n) is 5.83. The molecule has 0 unspecified atom stereocenters. The zero-order chi connectivity index (χ0) is 25.7. The molecule has 0 bridgehead atoms. The number of rotatable bonds is 8. The number of amides is 1. The summed E-state index contributed by atoms with van der Waals surface area (Å²) < 4.78 is 14.4. The minimum Gasteiger partial charge on any atom is -0.493 e. The van der Waals surface area contributed by atoms with Crippen molar-refractivity contribution >= 4 is 28.1 Å². The zero-order valence-electron chi connectivity index (χ0n) is 20.7.